The van der Waals surface area contributed by atoms with Gasteiger partial charge in [0.2, 0.25) is 5.76 Å². The summed E-state index contributed by atoms with van der Waals surface area (Å²) in [6.07, 6.45) is 0.726. The van der Waals surface area contributed by atoms with Gasteiger partial charge in [0.25, 0.3) is 5.91 Å². The first-order chi connectivity index (χ1) is 13.9. The van der Waals surface area contributed by atoms with Crippen LogP contribution in [0.2, 0.25) is 5.02 Å². The molecular formula is C22H20ClFN2O3. The van der Waals surface area contributed by atoms with Crippen molar-refractivity contribution in [3.63, 3.8) is 0 Å². The Morgan fingerprint density at radius 3 is 2.55 bits per heavy atom. The minimum Gasteiger partial charge on any atom is -0.450 e. The largest absolute Gasteiger partial charge is 0.450 e. The molecule has 0 spiro atoms. The summed E-state index contributed by atoms with van der Waals surface area (Å²) in [6.45, 7) is 1.23. The minimum absolute atomic E-state index is 0.0454. The van der Waals surface area contributed by atoms with Crippen molar-refractivity contribution < 1.29 is 13.6 Å². The van der Waals surface area contributed by atoms with Crippen molar-refractivity contribution in [3.8, 4) is 0 Å². The predicted octanol–water partition coefficient (Wildman–Crippen LogP) is 4.08. The summed E-state index contributed by atoms with van der Waals surface area (Å²) in [7, 11) is 3.92. The molecule has 2 heterocycles. The van der Waals surface area contributed by atoms with Crippen molar-refractivity contribution in [1.29, 1.82) is 0 Å². The first kappa shape index (κ1) is 19.6. The summed E-state index contributed by atoms with van der Waals surface area (Å²) in [4.78, 5) is 30.1. The molecule has 0 fully saturated rings. The highest BCUT2D eigenvalue weighted by Gasteiger charge is 2.42. The summed E-state index contributed by atoms with van der Waals surface area (Å²) in [6, 6.07) is 9.99. The molecule has 1 atom stereocenters. The standard InChI is InChI=1S/C22H20ClFN2O3/c1-25(2)10-3-11-26-19(13-4-7-15(24)8-5-13)18-20(27)16-12-14(23)6-9-17(16)29-21(18)22(26)28/h4-9,12,19H,3,10-11H2,1-2H3/t19-/m1/s1. The van der Waals surface area contributed by atoms with Crippen LogP contribution in [0.25, 0.3) is 11.0 Å². The molecule has 150 valence electrons. The van der Waals surface area contributed by atoms with Crippen LogP contribution < -0.4 is 5.43 Å². The lowest BCUT2D eigenvalue weighted by Crippen LogP contribution is -2.32. The van der Waals surface area contributed by atoms with Gasteiger partial charge in [0.1, 0.15) is 11.4 Å². The highest BCUT2D eigenvalue weighted by atomic mass is 35.5. The number of nitrogens with zero attached hydrogens (tertiary/aromatic N) is 2. The van der Waals surface area contributed by atoms with Gasteiger partial charge in [-0.2, -0.15) is 0 Å². The molecule has 29 heavy (non-hydrogen) atoms. The van der Waals surface area contributed by atoms with Crippen molar-refractivity contribution in [2.45, 2.75) is 12.5 Å². The highest BCUT2D eigenvalue weighted by molar-refractivity contribution is 6.31. The molecule has 0 saturated carbocycles. The van der Waals surface area contributed by atoms with Crippen LogP contribution in [0.1, 0.15) is 34.1 Å². The monoisotopic (exact) mass is 414 g/mol. The van der Waals surface area contributed by atoms with E-state index in [9.17, 15) is 14.0 Å². The van der Waals surface area contributed by atoms with E-state index in [-0.39, 0.29) is 28.5 Å². The Hall–Kier alpha value is -2.70. The molecule has 0 unspecified atom stereocenters. The van der Waals surface area contributed by atoms with Crippen molar-refractivity contribution >= 4 is 28.5 Å². The third-order valence-corrected chi connectivity index (χ3v) is 5.35. The highest BCUT2D eigenvalue weighted by Crippen LogP contribution is 2.38. The average molecular weight is 415 g/mol. The Morgan fingerprint density at radius 2 is 1.86 bits per heavy atom. The molecule has 1 aromatic heterocycles. The van der Waals surface area contributed by atoms with E-state index in [0.29, 0.717) is 28.1 Å². The van der Waals surface area contributed by atoms with Crippen LogP contribution in [0.4, 0.5) is 4.39 Å². The lowest BCUT2D eigenvalue weighted by molar-refractivity contribution is 0.0722. The number of rotatable bonds is 5. The Morgan fingerprint density at radius 1 is 1.14 bits per heavy atom. The number of halogens is 2. The molecule has 4 rings (SSSR count). The fraction of sp³-hybridized carbons (Fsp3) is 0.273. The van der Waals surface area contributed by atoms with Crippen LogP contribution in [0.3, 0.4) is 0 Å². The quantitative estimate of drug-likeness (QED) is 0.631. The van der Waals surface area contributed by atoms with Gasteiger partial charge in [0.15, 0.2) is 5.43 Å². The molecule has 1 aliphatic rings. The molecule has 2 aromatic carbocycles. The van der Waals surface area contributed by atoms with E-state index < -0.39 is 6.04 Å². The van der Waals surface area contributed by atoms with Crippen LogP contribution in [-0.2, 0) is 0 Å². The van der Waals surface area contributed by atoms with E-state index >= 15 is 0 Å². The van der Waals surface area contributed by atoms with Crippen molar-refractivity contribution in [2.75, 3.05) is 27.2 Å². The van der Waals surface area contributed by atoms with E-state index in [0.717, 1.165) is 13.0 Å². The number of benzene rings is 2. The van der Waals surface area contributed by atoms with E-state index in [1.165, 1.54) is 12.1 Å². The fourth-order valence-corrected chi connectivity index (χ4v) is 3.94. The number of hydrogen-bond donors (Lipinski definition) is 0. The first-order valence-corrected chi connectivity index (χ1v) is 9.72. The van der Waals surface area contributed by atoms with Crippen LogP contribution in [0.15, 0.2) is 51.7 Å². The summed E-state index contributed by atoms with van der Waals surface area (Å²) in [5.41, 5.74) is 0.972. The van der Waals surface area contributed by atoms with Crippen molar-refractivity contribution in [1.82, 2.24) is 9.80 Å². The van der Waals surface area contributed by atoms with Crippen LogP contribution in [-0.4, -0.2) is 42.9 Å². The van der Waals surface area contributed by atoms with Crippen molar-refractivity contribution in [3.05, 3.63) is 80.4 Å². The van der Waals surface area contributed by atoms with Crippen LogP contribution in [0.5, 0.6) is 0 Å². The number of amides is 1. The second-order valence-corrected chi connectivity index (χ2v) is 7.86. The van der Waals surface area contributed by atoms with Gasteiger partial charge in [-0.1, -0.05) is 23.7 Å². The third-order valence-electron chi connectivity index (χ3n) is 5.12. The smallest absolute Gasteiger partial charge is 0.290 e. The molecule has 0 saturated heterocycles. The van der Waals surface area contributed by atoms with Gasteiger partial charge in [0.05, 0.1) is 17.0 Å². The van der Waals surface area contributed by atoms with Gasteiger partial charge in [-0.05, 0) is 63.0 Å². The van der Waals surface area contributed by atoms with Crippen LogP contribution >= 0.6 is 11.6 Å². The second kappa shape index (κ2) is 7.61. The summed E-state index contributed by atoms with van der Waals surface area (Å²) in [5.74, 6) is -0.666. The first-order valence-electron chi connectivity index (χ1n) is 9.34. The Kier molecular flexibility index (Phi) is 5.15. The van der Waals surface area contributed by atoms with E-state index in [1.54, 1.807) is 35.2 Å². The van der Waals surface area contributed by atoms with Crippen LogP contribution in [0, 0.1) is 5.82 Å². The lowest BCUT2D eigenvalue weighted by atomic mass is 9.98. The Bertz CT molecular complexity index is 1140. The summed E-state index contributed by atoms with van der Waals surface area (Å²) < 4.78 is 19.3. The molecule has 0 radical (unpaired) electrons. The second-order valence-electron chi connectivity index (χ2n) is 7.42. The maximum absolute atomic E-state index is 13.5. The molecule has 0 bridgehead atoms. The maximum atomic E-state index is 13.5. The minimum atomic E-state index is -0.625. The average Bonchev–Trinajstić information content (AvgIpc) is 2.95. The maximum Gasteiger partial charge on any atom is 0.290 e. The lowest BCUT2D eigenvalue weighted by Gasteiger charge is -2.25. The van der Waals surface area contributed by atoms with Gasteiger partial charge in [-0.15, -0.1) is 0 Å². The van der Waals surface area contributed by atoms with E-state index in [4.69, 9.17) is 16.0 Å². The van der Waals surface area contributed by atoms with Gasteiger partial charge < -0.3 is 14.2 Å². The summed E-state index contributed by atoms with van der Waals surface area (Å²) >= 11 is 6.06. The van der Waals surface area contributed by atoms with Gasteiger partial charge in [0, 0.05) is 11.6 Å². The summed E-state index contributed by atoms with van der Waals surface area (Å²) in [5, 5.41) is 0.738. The molecule has 0 N–H and O–H groups in total. The molecule has 0 aliphatic carbocycles. The number of carbonyl (C=O) groups is 1. The van der Waals surface area contributed by atoms with Gasteiger partial charge in [-0.25, -0.2) is 4.39 Å². The molecule has 1 amide bonds. The Balaban J connectivity index is 1.88. The molecule has 1 aliphatic heterocycles. The zero-order valence-electron chi connectivity index (χ0n) is 16.1. The van der Waals surface area contributed by atoms with E-state index in [1.807, 2.05) is 19.0 Å². The number of fused-ring (bicyclic) bond motifs is 2. The molecule has 7 heteroatoms. The van der Waals surface area contributed by atoms with E-state index in [2.05, 4.69) is 0 Å². The third kappa shape index (κ3) is 3.54. The van der Waals surface area contributed by atoms with Gasteiger partial charge >= 0.3 is 0 Å². The molecular weight excluding hydrogens is 395 g/mol. The topological polar surface area (TPSA) is 53.8 Å². The molecule has 5 nitrogen and oxygen atoms in total. The van der Waals surface area contributed by atoms with Crippen molar-refractivity contribution in [2.24, 2.45) is 0 Å². The zero-order chi connectivity index (χ0) is 20.7. The number of carbonyl (C=O) groups excluding carboxylic acids is 1. The molecule has 3 aromatic rings. The van der Waals surface area contributed by atoms with Gasteiger partial charge in [-0.3, -0.25) is 9.59 Å². The zero-order valence-corrected chi connectivity index (χ0v) is 16.9. The Labute approximate surface area is 172 Å². The predicted molar refractivity (Wildman–Crippen MR) is 110 cm³/mol. The normalized spacial score (nSPS) is 16.1. The fourth-order valence-electron chi connectivity index (χ4n) is 3.77. The SMILES string of the molecule is CN(C)CCCN1C(=O)c2oc3ccc(Cl)cc3c(=O)c2[C@H]1c1ccc(F)cc1. The number of hydrogen-bond acceptors (Lipinski definition) is 4.